The minimum Gasteiger partial charge on any atom is -0.440 e. The van der Waals surface area contributed by atoms with Gasteiger partial charge in [0.05, 0.1) is 6.04 Å². The number of carbonyl (C=O) groups is 1. The maximum atomic E-state index is 11.9. The Bertz CT molecular complexity index is 537. The Morgan fingerprint density at radius 2 is 2.26 bits per heavy atom. The van der Waals surface area contributed by atoms with Crippen LogP contribution in [0.3, 0.4) is 0 Å². The number of carbonyl (C=O) groups excluding carboxylic acids is 1. The average Bonchev–Trinajstić information content (AvgIpc) is 3.00. The summed E-state index contributed by atoms with van der Waals surface area (Å²) in [4.78, 5) is 13.9. The summed E-state index contributed by atoms with van der Waals surface area (Å²) in [6, 6.07) is 5.32. The normalized spacial score (nSPS) is 12.6. The van der Waals surface area contributed by atoms with Gasteiger partial charge in [0.1, 0.15) is 0 Å². The highest BCUT2D eigenvalue weighted by atomic mass is 35.5. The SMILES string of the molecule is CN(C)[C@@H](CNC(=O)c1ccc(Cl)o1)c1ccsc1. The monoisotopic (exact) mass is 298 g/mol. The van der Waals surface area contributed by atoms with E-state index < -0.39 is 0 Å². The second-order valence-corrected chi connectivity index (χ2v) is 5.50. The van der Waals surface area contributed by atoms with E-state index in [0.717, 1.165) is 0 Å². The van der Waals surface area contributed by atoms with Crippen LogP contribution in [0, 0.1) is 0 Å². The van der Waals surface area contributed by atoms with Gasteiger partial charge in [0.15, 0.2) is 11.0 Å². The van der Waals surface area contributed by atoms with Crippen molar-refractivity contribution < 1.29 is 9.21 Å². The Kier molecular flexibility index (Phi) is 4.63. The molecule has 0 saturated heterocycles. The summed E-state index contributed by atoms with van der Waals surface area (Å²) in [7, 11) is 3.97. The Morgan fingerprint density at radius 3 is 2.79 bits per heavy atom. The molecule has 1 N–H and O–H groups in total. The van der Waals surface area contributed by atoms with E-state index in [1.54, 1.807) is 23.5 Å². The number of furan rings is 1. The lowest BCUT2D eigenvalue weighted by molar-refractivity contribution is 0.0914. The van der Waals surface area contributed by atoms with Crippen LogP contribution < -0.4 is 5.32 Å². The van der Waals surface area contributed by atoms with Crippen molar-refractivity contribution in [3.05, 3.63) is 45.5 Å². The zero-order valence-corrected chi connectivity index (χ0v) is 12.3. The molecule has 1 atom stereocenters. The Labute approximate surface area is 121 Å². The summed E-state index contributed by atoms with van der Waals surface area (Å²) in [6.07, 6.45) is 0. The molecule has 4 nitrogen and oxygen atoms in total. The summed E-state index contributed by atoms with van der Waals surface area (Å²) in [6.45, 7) is 0.515. The van der Waals surface area contributed by atoms with Crippen LogP contribution in [0.1, 0.15) is 22.2 Å². The van der Waals surface area contributed by atoms with Crippen molar-refractivity contribution >= 4 is 28.8 Å². The first-order valence-corrected chi connectivity index (χ1v) is 7.12. The fourth-order valence-electron chi connectivity index (χ4n) is 1.78. The van der Waals surface area contributed by atoms with Crippen molar-refractivity contribution in [1.82, 2.24) is 10.2 Å². The standard InChI is InChI=1S/C13H15ClN2O2S/c1-16(2)10(9-5-6-19-8-9)7-15-13(17)11-3-4-12(14)18-11/h3-6,8,10H,7H2,1-2H3,(H,15,17)/t10-/m0/s1. The predicted molar refractivity (Wildman–Crippen MR) is 76.8 cm³/mol. The van der Waals surface area contributed by atoms with Gasteiger partial charge in [0.2, 0.25) is 0 Å². The number of hydrogen-bond acceptors (Lipinski definition) is 4. The molecule has 0 aliphatic rings. The van der Waals surface area contributed by atoms with Gasteiger partial charge >= 0.3 is 0 Å². The van der Waals surface area contributed by atoms with Gasteiger partial charge in [0, 0.05) is 6.54 Å². The van der Waals surface area contributed by atoms with E-state index in [1.165, 1.54) is 5.56 Å². The molecule has 102 valence electrons. The first kappa shape index (κ1) is 14.1. The highest BCUT2D eigenvalue weighted by Crippen LogP contribution is 2.20. The van der Waals surface area contributed by atoms with E-state index in [2.05, 4.69) is 21.7 Å². The second-order valence-electron chi connectivity index (χ2n) is 4.35. The number of likely N-dealkylation sites (N-methyl/N-ethyl adjacent to an activating group) is 1. The van der Waals surface area contributed by atoms with Gasteiger partial charge in [-0.1, -0.05) is 0 Å². The lowest BCUT2D eigenvalue weighted by atomic mass is 10.1. The van der Waals surface area contributed by atoms with E-state index in [4.69, 9.17) is 16.0 Å². The molecule has 0 aliphatic heterocycles. The molecule has 0 spiro atoms. The molecular formula is C13H15ClN2O2S. The lowest BCUT2D eigenvalue weighted by Gasteiger charge is -2.23. The summed E-state index contributed by atoms with van der Waals surface area (Å²) >= 11 is 7.29. The summed E-state index contributed by atoms with van der Waals surface area (Å²) < 4.78 is 5.07. The highest BCUT2D eigenvalue weighted by molar-refractivity contribution is 7.07. The third kappa shape index (κ3) is 3.59. The maximum Gasteiger partial charge on any atom is 0.287 e. The third-order valence-electron chi connectivity index (χ3n) is 2.80. The first-order chi connectivity index (χ1) is 9.08. The van der Waals surface area contributed by atoms with E-state index in [1.807, 2.05) is 19.5 Å². The number of amides is 1. The molecule has 0 unspecified atom stereocenters. The van der Waals surface area contributed by atoms with Crippen LogP contribution in [0.15, 0.2) is 33.4 Å². The van der Waals surface area contributed by atoms with Crippen molar-refractivity contribution in [3.63, 3.8) is 0 Å². The fourth-order valence-corrected chi connectivity index (χ4v) is 2.63. The first-order valence-electron chi connectivity index (χ1n) is 5.80. The molecule has 0 fully saturated rings. The number of nitrogens with one attached hydrogen (secondary N) is 1. The molecule has 2 heterocycles. The molecule has 0 aliphatic carbocycles. The molecule has 6 heteroatoms. The average molecular weight is 299 g/mol. The molecule has 19 heavy (non-hydrogen) atoms. The van der Waals surface area contributed by atoms with Crippen molar-refractivity contribution in [1.29, 1.82) is 0 Å². The van der Waals surface area contributed by atoms with Crippen LogP contribution in [0.25, 0.3) is 0 Å². The van der Waals surface area contributed by atoms with Crippen molar-refractivity contribution in [2.75, 3.05) is 20.6 Å². The maximum absolute atomic E-state index is 11.9. The van der Waals surface area contributed by atoms with E-state index in [-0.39, 0.29) is 22.9 Å². The zero-order chi connectivity index (χ0) is 13.8. The predicted octanol–water partition coefficient (Wildman–Crippen LogP) is 3.03. The molecule has 0 aromatic carbocycles. The second kappa shape index (κ2) is 6.23. The summed E-state index contributed by atoms with van der Waals surface area (Å²) in [5.41, 5.74) is 1.19. The lowest BCUT2D eigenvalue weighted by Crippen LogP contribution is -2.34. The third-order valence-corrected chi connectivity index (χ3v) is 3.71. The number of halogens is 1. The Balaban J connectivity index is 1.98. The zero-order valence-electron chi connectivity index (χ0n) is 10.7. The van der Waals surface area contributed by atoms with Gasteiger partial charge in [-0.15, -0.1) is 0 Å². The fraction of sp³-hybridized carbons (Fsp3) is 0.308. The van der Waals surface area contributed by atoms with Gasteiger partial charge in [-0.2, -0.15) is 11.3 Å². The molecule has 1 amide bonds. The van der Waals surface area contributed by atoms with Gasteiger partial charge < -0.3 is 14.6 Å². The van der Waals surface area contributed by atoms with E-state index in [9.17, 15) is 4.79 Å². The van der Waals surface area contributed by atoms with Crippen LogP contribution in [0.4, 0.5) is 0 Å². The van der Waals surface area contributed by atoms with Gasteiger partial charge in [-0.05, 0) is 60.2 Å². The largest absolute Gasteiger partial charge is 0.440 e. The van der Waals surface area contributed by atoms with Gasteiger partial charge in [-0.25, -0.2) is 0 Å². The molecule has 0 bridgehead atoms. The Hall–Kier alpha value is -1.30. The quantitative estimate of drug-likeness (QED) is 0.923. The van der Waals surface area contributed by atoms with Crippen LogP contribution in [-0.4, -0.2) is 31.4 Å². The number of thiophene rings is 1. The molecule has 0 radical (unpaired) electrons. The summed E-state index contributed by atoms with van der Waals surface area (Å²) in [5.74, 6) is -0.0261. The molecule has 2 aromatic heterocycles. The number of nitrogens with zero attached hydrogens (tertiary/aromatic N) is 1. The summed E-state index contributed by atoms with van der Waals surface area (Å²) in [5, 5.41) is 7.18. The van der Waals surface area contributed by atoms with Crippen molar-refractivity contribution in [3.8, 4) is 0 Å². The van der Waals surface area contributed by atoms with Gasteiger partial charge in [-0.3, -0.25) is 4.79 Å². The van der Waals surface area contributed by atoms with Crippen molar-refractivity contribution in [2.45, 2.75) is 6.04 Å². The van der Waals surface area contributed by atoms with E-state index in [0.29, 0.717) is 6.54 Å². The molecular weight excluding hydrogens is 284 g/mol. The van der Waals surface area contributed by atoms with Gasteiger partial charge in [0.25, 0.3) is 5.91 Å². The molecule has 2 rings (SSSR count). The minimum atomic E-state index is -0.256. The van der Waals surface area contributed by atoms with Crippen LogP contribution in [0.5, 0.6) is 0 Å². The smallest absolute Gasteiger partial charge is 0.287 e. The number of rotatable bonds is 5. The van der Waals surface area contributed by atoms with E-state index >= 15 is 0 Å². The van der Waals surface area contributed by atoms with Crippen LogP contribution in [-0.2, 0) is 0 Å². The Morgan fingerprint density at radius 1 is 1.47 bits per heavy atom. The minimum absolute atomic E-state index is 0.139. The number of hydrogen-bond donors (Lipinski definition) is 1. The highest BCUT2D eigenvalue weighted by Gasteiger charge is 2.17. The molecule has 0 saturated carbocycles. The van der Waals surface area contributed by atoms with Crippen LogP contribution >= 0.6 is 22.9 Å². The topological polar surface area (TPSA) is 45.5 Å². The molecule has 2 aromatic rings. The van der Waals surface area contributed by atoms with Crippen molar-refractivity contribution in [2.24, 2.45) is 0 Å². The van der Waals surface area contributed by atoms with Crippen LogP contribution in [0.2, 0.25) is 5.22 Å².